The van der Waals surface area contributed by atoms with Crippen molar-refractivity contribution >= 4 is 40.7 Å². The Hall–Kier alpha value is -2.55. The Morgan fingerprint density at radius 2 is 1.69 bits per heavy atom. The molecule has 2 aromatic rings. The van der Waals surface area contributed by atoms with E-state index in [0.717, 1.165) is 6.42 Å². The average Bonchev–Trinajstić information content (AvgIpc) is 3.00. The van der Waals surface area contributed by atoms with E-state index in [2.05, 4.69) is 5.32 Å². The van der Waals surface area contributed by atoms with Crippen molar-refractivity contribution in [2.75, 3.05) is 51.3 Å². The second-order valence-corrected chi connectivity index (χ2v) is 8.41. The monoisotopic (exact) mass is 481 g/mol. The molecule has 2 heterocycles. The highest BCUT2D eigenvalue weighted by Crippen LogP contribution is 2.37. The number of anilines is 1. The average molecular weight is 482 g/mol. The molecule has 0 aliphatic carbocycles. The lowest BCUT2D eigenvalue weighted by Crippen LogP contribution is -2.50. The minimum Gasteiger partial charge on any atom is -0.490 e. The van der Waals surface area contributed by atoms with Gasteiger partial charge in [-0.1, -0.05) is 23.2 Å². The fraction of sp³-hybridized carbons (Fsp3) is 0.364. The van der Waals surface area contributed by atoms with E-state index >= 15 is 0 Å². The van der Waals surface area contributed by atoms with Crippen LogP contribution in [0.5, 0.6) is 11.5 Å². The van der Waals surface area contributed by atoms with Crippen LogP contribution in [0.3, 0.4) is 0 Å². The third kappa shape index (κ3) is 5.26. The third-order valence-corrected chi connectivity index (χ3v) is 5.84. The summed E-state index contributed by atoms with van der Waals surface area (Å²) < 4.78 is 25.2. The van der Waals surface area contributed by atoms with Gasteiger partial charge in [0.2, 0.25) is 5.91 Å². The fourth-order valence-electron chi connectivity index (χ4n) is 3.61. The first-order chi connectivity index (χ1) is 15.4. The van der Waals surface area contributed by atoms with Crippen molar-refractivity contribution < 1.29 is 23.5 Å². The van der Waals surface area contributed by atoms with Gasteiger partial charge >= 0.3 is 0 Å². The van der Waals surface area contributed by atoms with Crippen LogP contribution < -0.4 is 14.8 Å². The maximum absolute atomic E-state index is 14.0. The van der Waals surface area contributed by atoms with Gasteiger partial charge in [0.25, 0.3) is 5.91 Å². The van der Waals surface area contributed by atoms with E-state index in [-0.39, 0.29) is 18.0 Å². The molecule has 1 fully saturated rings. The van der Waals surface area contributed by atoms with E-state index in [0.29, 0.717) is 66.6 Å². The van der Waals surface area contributed by atoms with Gasteiger partial charge in [-0.05, 0) is 18.2 Å². The molecule has 0 spiro atoms. The summed E-state index contributed by atoms with van der Waals surface area (Å²) in [4.78, 5) is 28.7. The van der Waals surface area contributed by atoms with Gasteiger partial charge in [0.05, 0.1) is 36.0 Å². The number of halogens is 3. The number of hydrogen-bond acceptors (Lipinski definition) is 5. The SMILES string of the molecule is O=C(CN1CCN(C(=O)c2cc(Cl)ccc2F)CC1)Nc1cc2c(cc1Cl)OCCCO2. The molecule has 1 saturated heterocycles. The van der Waals surface area contributed by atoms with Crippen molar-refractivity contribution in [1.29, 1.82) is 0 Å². The number of piperazine rings is 1. The Morgan fingerprint density at radius 1 is 1.00 bits per heavy atom. The van der Waals surface area contributed by atoms with Crippen LogP contribution in [-0.2, 0) is 4.79 Å². The maximum atomic E-state index is 14.0. The van der Waals surface area contributed by atoms with Gasteiger partial charge in [-0.2, -0.15) is 0 Å². The first-order valence-corrected chi connectivity index (χ1v) is 11.0. The Morgan fingerprint density at radius 3 is 2.41 bits per heavy atom. The summed E-state index contributed by atoms with van der Waals surface area (Å²) in [6.07, 6.45) is 0.770. The number of amides is 2. The fourth-order valence-corrected chi connectivity index (χ4v) is 3.99. The zero-order valence-corrected chi connectivity index (χ0v) is 18.7. The highest BCUT2D eigenvalue weighted by atomic mass is 35.5. The molecule has 0 radical (unpaired) electrons. The first-order valence-electron chi connectivity index (χ1n) is 10.3. The molecular weight excluding hydrogens is 460 g/mol. The van der Waals surface area contributed by atoms with Gasteiger partial charge in [0.15, 0.2) is 11.5 Å². The molecule has 0 bridgehead atoms. The predicted molar refractivity (Wildman–Crippen MR) is 119 cm³/mol. The summed E-state index contributed by atoms with van der Waals surface area (Å²) in [5.74, 6) is -0.145. The summed E-state index contributed by atoms with van der Waals surface area (Å²) in [7, 11) is 0. The lowest BCUT2D eigenvalue weighted by Gasteiger charge is -2.34. The van der Waals surface area contributed by atoms with Crippen LogP contribution in [0.2, 0.25) is 10.0 Å². The molecule has 10 heteroatoms. The lowest BCUT2D eigenvalue weighted by atomic mass is 10.1. The zero-order valence-electron chi connectivity index (χ0n) is 17.2. The summed E-state index contributed by atoms with van der Waals surface area (Å²) in [6, 6.07) is 7.22. The van der Waals surface area contributed by atoms with Crippen LogP contribution in [0.25, 0.3) is 0 Å². The van der Waals surface area contributed by atoms with E-state index in [4.69, 9.17) is 32.7 Å². The van der Waals surface area contributed by atoms with Gasteiger partial charge in [0.1, 0.15) is 5.82 Å². The van der Waals surface area contributed by atoms with Crippen LogP contribution >= 0.6 is 23.2 Å². The van der Waals surface area contributed by atoms with Gasteiger partial charge in [-0.25, -0.2) is 4.39 Å². The molecule has 0 atom stereocenters. The topological polar surface area (TPSA) is 71.1 Å². The second kappa shape index (κ2) is 9.94. The number of nitrogens with one attached hydrogen (secondary N) is 1. The molecule has 32 heavy (non-hydrogen) atoms. The van der Waals surface area contributed by atoms with E-state index < -0.39 is 11.7 Å². The van der Waals surface area contributed by atoms with Crippen molar-refractivity contribution in [1.82, 2.24) is 9.80 Å². The number of nitrogens with zero attached hydrogens (tertiary/aromatic N) is 2. The third-order valence-electron chi connectivity index (χ3n) is 5.30. The number of hydrogen-bond donors (Lipinski definition) is 1. The van der Waals surface area contributed by atoms with Crippen molar-refractivity contribution in [3.63, 3.8) is 0 Å². The summed E-state index contributed by atoms with van der Waals surface area (Å²) in [5, 5.41) is 3.48. The summed E-state index contributed by atoms with van der Waals surface area (Å²) in [6.45, 7) is 2.94. The molecule has 2 amide bonds. The Labute approximate surface area is 195 Å². The quantitative estimate of drug-likeness (QED) is 0.720. The molecule has 2 aliphatic heterocycles. The number of fused-ring (bicyclic) bond motifs is 1. The Bertz CT molecular complexity index is 1030. The minimum absolute atomic E-state index is 0.0484. The van der Waals surface area contributed by atoms with Crippen molar-refractivity contribution in [3.05, 3.63) is 51.8 Å². The molecule has 0 aromatic heterocycles. The zero-order chi connectivity index (χ0) is 22.7. The molecule has 0 saturated carbocycles. The van der Waals surface area contributed by atoms with Gasteiger partial charge in [0, 0.05) is 49.8 Å². The van der Waals surface area contributed by atoms with E-state index in [1.165, 1.54) is 18.2 Å². The van der Waals surface area contributed by atoms with Gasteiger partial charge < -0.3 is 19.7 Å². The first kappa shape index (κ1) is 22.6. The minimum atomic E-state index is -0.604. The van der Waals surface area contributed by atoms with Crippen LogP contribution in [0.15, 0.2) is 30.3 Å². The number of carbonyl (C=O) groups excluding carboxylic acids is 2. The molecule has 0 unspecified atom stereocenters. The second-order valence-electron chi connectivity index (χ2n) is 7.57. The standard InChI is InChI=1S/C22H22Cl2FN3O4/c23-14-2-3-17(25)15(10-14)22(30)28-6-4-27(5-7-28)13-21(29)26-18-12-20-19(11-16(18)24)31-8-1-9-32-20/h2-3,10-12H,1,4-9,13H2,(H,26,29). The van der Waals surface area contributed by atoms with E-state index in [1.54, 1.807) is 17.0 Å². The van der Waals surface area contributed by atoms with Gasteiger partial charge in [-0.3, -0.25) is 14.5 Å². The Kier molecular flexibility index (Phi) is 7.03. The van der Waals surface area contributed by atoms with E-state index in [9.17, 15) is 14.0 Å². The summed E-state index contributed by atoms with van der Waals surface area (Å²) in [5.41, 5.74) is 0.402. The van der Waals surface area contributed by atoms with Crippen molar-refractivity contribution in [2.24, 2.45) is 0 Å². The smallest absolute Gasteiger partial charge is 0.256 e. The number of rotatable bonds is 4. The number of ether oxygens (including phenoxy) is 2. The van der Waals surface area contributed by atoms with Crippen LogP contribution in [0, 0.1) is 5.82 Å². The van der Waals surface area contributed by atoms with Crippen molar-refractivity contribution in [3.8, 4) is 11.5 Å². The maximum Gasteiger partial charge on any atom is 0.256 e. The largest absolute Gasteiger partial charge is 0.490 e. The summed E-state index contributed by atoms with van der Waals surface area (Å²) >= 11 is 12.2. The number of carbonyl (C=O) groups is 2. The molecule has 2 aromatic carbocycles. The molecular formula is C22H22Cl2FN3O4. The van der Waals surface area contributed by atoms with Crippen LogP contribution in [0.4, 0.5) is 10.1 Å². The van der Waals surface area contributed by atoms with Gasteiger partial charge in [-0.15, -0.1) is 0 Å². The lowest BCUT2D eigenvalue weighted by molar-refractivity contribution is -0.117. The Balaban J connectivity index is 1.32. The predicted octanol–water partition coefficient (Wildman–Crippen LogP) is 3.69. The molecule has 2 aliphatic rings. The van der Waals surface area contributed by atoms with Crippen LogP contribution in [0.1, 0.15) is 16.8 Å². The molecule has 7 nitrogen and oxygen atoms in total. The molecule has 170 valence electrons. The van der Waals surface area contributed by atoms with E-state index in [1.807, 2.05) is 4.90 Å². The highest BCUT2D eigenvalue weighted by molar-refractivity contribution is 6.34. The highest BCUT2D eigenvalue weighted by Gasteiger charge is 2.25. The normalized spacial score (nSPS) is 16.4. The molecule has 1 N–H and O–H groups in total. The molecule has 4 rings (SSSR count). The van der Waals surface area contributed by atoms with Crippen LogP contribution in [-0.4, -0.2) is 67.6 Å². The number of benzene rings is 2. The van der Waals surface area contributed by atoms with Crippen molar-refractivity contribution in [2.45, 2.75) is 6.42 Å².